The van der Waals surface area contributed by atoms with Gasteiger partial charge in [0.2, 0.25) is 0 Å². The average Bonchev–Trinajstić information content (AvgIpc) is 2.44. The van der Waals surface area contributed by atoms with Crippen LogP contribution in [0.1, 0.15) is 44.2 Å². The summed E-state index contributed by atoms with van der Waals surface area (Å²) in [6.07, 6.45) is 8.68. The highest BCUT2D eigenvalue weighted by atomic mass is 15.1. The van der Waals surface area contributed by atoms with Crippen molar-refractivity contribution in [3.05, 3.63) is 41.5 Å². The minimum atomic E-state index is 1.11. The molecule has 18 heavy (non-hydrogen) atoms. The van der Waals surface area contributed by atoms with E-state index in [1.165, 1.54) is 43.5 Å². The van der Waals surface area contributed by atoms with Gasteiger partial charge in [-0.25, -0.2) is 0 Å². The Kier molecular flexibility index (Phi) is 7.43. The molecule has 1 aromatic rings. The Morgan fingerprint density at radius 1 is 1.00 bits per heavy atom. The van der Waals surface area contributed by atoms with Gasteiger partial charge in [0.25, 0.3) is 0 Å². The summed E-state index contributed by atoms with van der Waals surface area (Å²) in [6, 6.07) is 8.70. The predicted molar refractivity (Wildman–Crippen MR) is 81.9 cm³/mol. The van der Waals surface area contributed by atoms with Gasteiger partial charge in [0.1, 0.15) is 0 Å². The zero-order chi connectivity index (χ0) is 13.2. The maximum absolute atomic E-state index is 2.54. The van der Waals surface area contributed by atoms with Crippen molar-refractivity contribution in [2.75, 3.05) is 19.6 Å². The van der Waals surface area contributed by atoms with Crippen molar-refractivity contribution >= 4 is 6.08 Å². The fourth-order valence-electron chi connectivity index (χ4n) is 2.16. The number of aryl methyl sites for hydroxylation is 1. The summed E-state index contributed by atoms with van der Waals surface area (Å²) >= 11 is 0. The smallest absolute Gasteiger partial charge is 0.0166 e. The SMILES string of the molecule is CC.Cc1ccc(/C=C/CN2CCCCC2)cc1. The summed E-state index contributed by atoms with van der Waals surface area (Å²) < 4.78 is 0. The number of likely N-dealkylation sites (tertiary alicyclic amines) is 1. The zero-order valence-electron chi connectivity index (χ0n) is 12.2. The fraction of sp³-hybridized carbons (Fsp3) is 0.529. The maximum atomic E-state index is 2.54. The predicted octanol–water partition coefficient (Wildman–Crippen LogP) is 4.52. The maximum Gasteiger partial charge on any atom is 0.0166 e. The summed E-state index contributed by atoms with van der Waals surface area (Å²) in [4.78, 5) is 2.54. The van der Waals surface area contributed by atoms with Crippen LogP contribution in [0.2, 0.25) is 0 Å². The first-order valence-corrected chi connectivity index (χ1v) is 7.30. The molecule has 0 radical (unpaired) electrons. The first-order valence-electron chi connectivity index (χ1n) is 7.30. The van der Waals surface area contributed by atoms with E-state index in [1.807, 2.05) is 13.8 Å². The van der Waals surface area contributed by atoms with E-state index in [4.69, 9.17) is 0 Å². The van der Waals surface area contributed by atoms with Crippen molar-refractivity contribution < 1.29 is 0 Å². The van der Waals surface area contributed by atoms with Gasteiger partial charge in [0.05, 0.1) is 0 Å². The molecular weight excluding hydrogens is 218 g/mol. The van der Waals surface area contributed by atoms with Crippen LogP contribution in [0.5, 0.6) is 0 Å². The van der Waals surface area contributed by atoms with Crippen molar-refractivity contribution in [2.24, 2.45) is 0 Å². The summed E-state index contributed by atoms with van der Waals surface area (Å²) in [5.41, 5.74) is 2.63. The first-order chi connectivity index (χ1) is 8.84. The highest BCUT2D eigenvalue weighted by Gasteiger charge is 2.07. The molecule has 0 bridgehead atoms. The summed E-state index contributed by atoms with van der Waals surface area (Å²) in [5.74, 6) is 0. The summed E-state index contributed by atoms with van der Waals surface area (Å²) in [7, 11) is 0. The van der Waals surface area contributed by atoms with Crippen LogP contribution in [-0.4, -0.2) is 24.5 Å². The third-order valence-electron chi connectivity index (χ3n) is 3.20. The molecule has 100 valence electrons. The van der Waals surface area contributed by atoms with Crippen molar-refractivity contribution in [3.63, 3.8) is 0 Å². The Labute approximate surface area is 113 Å². The quantitative estimate of drug-likeness (QED) is 0.756. The van der Waals surface area contributed by atoms with Gasteiger partial charge < -0.3 is 0 Å². The lowest BCUT2D eigenvalue weighted by atomic mass is 10.1. The Hall–Kier alpha value is -1.08. The van der Waals surface area contributed by atoms with Crippen LogP contribution in [0, 0.1) is 6.92 Å². The Morgan fingerprint density at radius 3 is 2.22 bits per heavy atom. The zero-order valence-corrected chi connectivity index (χ0v) is 12.2. The van der Waals surface area contributed by atoms with E-state index in [0.717, 1.165) is 6.54 Å². The molecule has 0 amide bonds. The van der Waals surface area contributed by atoms with E-state index in [9.17, 15) is 0 Å². The highest BCUT2D eigenvalue weighted by Crippen LogP contribution is 2.09. The molecule has 1 aliphatic rings. The second-order valence-corrected chi connectivity index (χ2v) is 4.67. The Morgan fingerprint density at radius 2 is 1.61 bits per heavy atom. The van der Waals surface area contributed by atoms with Gasteiger partial charge in [-0.2, -0.15) is 0 Å². The van der Waals surface area contributed by atoms with E-state index in [2.05, 4.69) is 48.2 Å². The molecule has 1 heterocycles. The molecule has 1 nitrogen and oxygen atoms in total. The first kappa shape index (κ1) is 15.0. The Bertz CT molecular complexity index is 331. The van der Waals surface area contributed by atoms with E-state index >= 15 is 0 Å². The van der Waals surface area contributed by atoms with E-state index < -0.39 is 0 Å². The minimum absolute atomic E-state index is 1.11. The molecule has 1 aromatic carbocycles. The summed E-state index contributed by atoms with van der Waals surface area (Å²) in [6.45, 7) is 9.78. The van der Waals surface area contributed by atoms with Crippen LogP contribution >= 0.6 is 0 Å². The third-order valence-corrected chi connectivity index (χ3v) is 3.20. The van der Waals surface area contributed by atoms with Crippen molar-refractivity contribution in [1.29, 1.82) is 0 Å². The molecule has 0 aromatic heterocycles. The molecular formula is C17H27N. The van der Waals surface area contributed by atoms with Crippen LogP contribution in [0.15, 0.2) is 30.3 Å². The van der Waals surface area contributed by atoms with Gasteiger partial charge in [-0.3, -0.25) is 4.90 Å². The standard InChI is InChI=1S/C15H21N.C2H6/c1-14-7-9-15(10-8-14)6-5-13-16-11-3-2-4-12-16;1-2/h5-10H,2-4,11-13H2,1H3;1-2H3/b6-5+;. The van der Waals surface area contributed by atoms with Crippen LogP contribution < -0.4 is 0 Å². The van der Waals surface area contributed by atoms with E-state index in [-0.39, 0.29) is 0 Å². The number of hydrogen-bond acceptors (Lipinski definition) is 1. The lowest BCUT2D eigenvalue weighted by Gasteiger charge is -2.24. The van der Waals surface area contributed by atoms with Crippen molar-refractivity contribution in [3.8, 4) is 0 Å². The van der Waals surface area contributed by atoms with Crippen LogP contribution in [0.4, 0.5) is 0 Å². The van der Waals surface area contributed by atoms with Crippen LogP contribution in [-0.2, 0) is 0 Å². The molecule has 0 aliphatic carbocycles. The molecule has 1 saturated heterocycles. The molecule has 1 heteroatoms. The lowest BCUT2D eigenvalue weighted by Crippen LogP contribution is -2.29. The van der Waals surface area contributed by atoms with Gasteiger partial charge >= 0.3 is 0 Å². The van der Waals surface area contributed by atoms with Gasteiger partial charge in [0.15, 0.2) is 0 Å². The fourth-order valence-corrected chi connectivity index (χ4v) is 2.16. The van der Waals surface area contributed by atoms with E-state index in [0.29, 0.717) is 0 Å². The molecule has 0 atom stereocenters. The lowest BCUT2D eigenvalue weighted by molar-refractivity contribution is 0.252. The highest BCUT2D eigenvalue weighted by molar-refractivity contribution is 5.49. The topological polar surface area (TPSA) is 3.24 Å². The molecule has 0 unspecified atom stereocenters. The summed E-state index contributed by atoms with van der Waals surface area (Å²) in [5, 5.41) is 0. The number of benzene rings is 1. The van der Waals surface area contributed by atoms with Crippen LogP contribution in [0.25, 0.3) is 6.08 Å². The molecule has 1 fully saturated rings. The van der Waals surface area contributed by atoms with Gasteiger partial charge in [-0.1, -0.05) is 62.2 Å². The van der Waals surface area contributed by atoms with Crippen molar-refractivity contribution in [1.82, 2.24) is 4.90 Å². The third kappa shape index (κ3) is 5.50. The molecule has 2 rings (SSSR count). The monoisotopic (exact) mass is 245 g/mol. The molecule has 0 spiro atoms. The molecule has 0 saturated carbocycles. The van der Waals surface area contributed by atoms with Gasteiger partial charge in [0, 0.05) is 6.54 Å². The number of piperidine rings is 1. The average molecular weight is 245 g/mol. The van der Waals surface area contributed by atoms with E-state index in [1.54, 1.807) is 0 Å². The number of nitrogens with zero attached hydrogens (tertiary/aromatic N) is 1. The van der Waals surface area contributed by atoms with Gasteiger partial charge in [-0.15, -0.1) is 0 Å². The van der Waals surface area contributed by atoms with Gasteiger partial charge in [-0.05, 0) is 38.4 Å². The number of rotatable bonds is 3. The largest absolute Gasteiger partial charge is 0.300 e. The second kappa shape index (κ2) is 8.93. The molecule has 0 N–H and O–H groups in total. The number of hydrogen-bond donors (Lipinski definition) is 0. The Balaban J connectivity index is 0.000000771. The van der Waals surface area contributed by atoms with Crippen molar-refractivity contribution in [2.45, 2.75) is 40.0 Å². The minimum Gasteiger partial charge on any atom is -0.300 e. The normalized spacial score (nSPS) is 16.4. The van der Waals surface area contributed by atoms with Crippen LogP contribution in [0.3, 0.4) is 0 Å². The molecule has 1 aliphatic heterocycles. The second-order valence-electron chi connectivity index (χ2n) is 4.67.